The number of hydrogen-bond acceptors (Lipinski definition) is 7. The van der Waals surface area contributed by atoms with Crippen LogP contribution in [0, 0.1) is 18.3 Å². The molecule has 10 heteroatoms. The number of thioether (sulfide) groups is 1. The van der Waals surface area contributed by atoms with Crippen LogP contribution in [0.1, 0.15) is 59.6 Å². The van der Waals surface area contributed by atoms with E-state index in [2.05, 4.69) is 16.7 Å². The van der Waals surface area contributed by atoms with Gasteiger partial charge in [-0.25, -0.2) is 4.79 Å². The van der Waals surface area contributed by atoms with Crippen LogP contribution in [0.4, 0.5) is 15.5 Å². The molecule has 0 spiro atoms. The van der Waals surface area contributed by atoms with Gasteiger partial charge in [0.05, 0.1) is 17.4 Å². The maximum atomic E-state index is 13.1. The molecule has 0 bridgehead atoms. The molecular weight excluding hydrogens is 544 g/mol. The average molecular weight is 577 g/mol. The van der Waals surface area contributed by atoms with Crippen LogP contribution in [0.3, 0.4) is 0 Å². The molecule has 2 N–H and O–H groups in total. The highest BCUT2D eigenvalue weighted by atomic mass is 32.2. The number of ether oxygens (including phenoxy) is 1. The van der Waals surface area contributed by atoms with Crippen molar-refractivity contribution >= 4 is 51.7 Å². The van der Waals surface area contributed by atoms with Crippen molar-refractivity contribution in [2.45, 2.75) is 63.3 Å². The number of rotatable bonds is 6. The molecule has 3 aromatic rings. The molecule has 0 saturated carbocycles. The second-order valence-electron chi connectivity index (χ2n) is 10.6. The van der Waals surface area contributed by atoms with Crippen LogP contribution in [0.15, 0.2) is 53.4 Å². The van der Waals surface area contributed by atoms with Crippen molar-refractivity contribution in [1.82, 2.24) is 4.90 Å². The number of hydrogen-bond donors (Lipinski definition) is 2. The number of fused-ring (bicyclic) bond motifs is 1. The van der Waals surface area contributed by atoms with E-state index in [0.29, 0.717) is 41.3 Å². The Bertz CT molecular complexity index is 1490. The zero-order valence-corrected chi connectivity index (χ0v) is 24.8. The predicted octanol–water partition coefficient (Wildman–Crippen LogP) is 6.59. The normalized spacial score (nSPS) is 13.6. The van der Waals surface area contributed by atoms with Crippen LogP contribution in [-0.4, -0.2) is 40.2 Å². The van der Waals surface area contributed by atoms with Gasteiger partial charge in [0, 0.05) is 27.6 Å². The van der Waals surface area contributed by atoms with E-state index in [1.54, 1.807) is 24.0 Å². The molecule has 2 heterocycles. The second-order valence-corrected chi connectivity index (χ2v) is 13.1. The largest absolute Gasteiger partial charge is 0.444 e. The SMILES string of the molecule is Cc1cccc(C(=O)Nc2cccc(SC(C)C(=O)Nc3sc4c(c3C#N)CCN(C(=O)OC(C)(C)C)C4)c2)c1. The number of nitrogens with zero attached hydrogens (tertiary/aromatic N) is 2. The van der Waals surface area contributed by atoms with Gasteiger partial charge < -0.3 is 20.3 Å². The third-order valence-electron chi connectivity index (χ3n) is 6.11. The number of nitriles is 1. The van der Waals surface area contributed by atoms with Crippen LogP contribution in [0.5, 0.6) is 0 Å². The zero-order chi connectivity index (χ0) is 29.0. The molecule has 208 valence electrons. The Morgan fingerprint density at radius 1 is 1.12 bits per heavy atom. The molecule has 1 aliphatic rings. The van der Waals surface area contributed by atoms with E-state index in [1.165, 1.54) is 23.1 Å². The molecular formula is C30H32N4O4S2. The number of anilines is 2. The summed E-state index contributed by atoms with van der Waals surface area (Å²) in [5, 5.41) is 15.7. The predicted molar refractivity (Wildman–Crippen MR) is 159 cm³/mol. The summed E-state index contributed by atoms with van der Waals surface area (Å²) < 4.78 is 5.50. The third-order valence-corrected chi connectivity index (χ3v) is 8.34. The summed E-state index contributed by atoms with van der Waals surface area (Å²) in [6.45, 7) is 9.98. The van der Waals surface area contributed by atoms with E-state index in [4.69, 9.17) is 4.74 Å². The fraction of sp³-hybridized carbons (Fsp3) is 0.333. The van der Waals surface area contributed by atoms with Crippen molar-refractivity contribution in [3.63, 3.8) is 0 Å². The zero-order valence-electron chi connectivity index (χ0n) is 23.2. The van der Waals surface area contributed by atoms with Crippen molar-refractivity contribution in [3.8, 4) is 6.07 Å². The monoisotopic (exact) mass is 576 g/mol. The van der Waals surface area contributed by atoms with Gasteiger partial charge in [-0.2, -0.15) is 5.26 Å². The highest BCUT2D eigenvalue weighted by molar-refractivity contribution is 8.00. The topological polar surface area (TPSA) is 112 Å². The van der Waals surface area contributed by atoms with Crippen molar-refractivity contribution in [3.05, 3.63) is 75.7 Å². The molecule has 2 aromatic carbocycles. The standard InChI is InChI=1S/C30H32N4O4S2/c1-18-8-6-9-20(14-18)27(36)32-21-10-7-11-22(15-21)39-19(2)26(35)33-28-24(16-31)23-12-13-34(17-25(23)40-28)29(37)38-30(3,4)5/h6-11,14-15,19H,12-13,17H2,1-5H3,(H,32,36)(H,33,35). The van der Waals surface area contributed by atoms with Crippen molar-refractivity contribution < 1.29 is 19.1 Å². The lowest BCUT2D eigenvalue weighted by Crippen LogP contribution is -2.39. The van der Waals surface area contributed by atoms with Gasteiger partial charge in [0.1, 0.15) is 16.7 Å². The molecule has 4 rings (SSSR count). The van der Waals surface area contributed by atoms with E-state index in [1.807, 2.05) is 64.1 Å². The van der Waals surface area contributed by atoms with Gasteiger partial charge in [-0.1, -0.05) is 23.8 Å². The van der Waals surface area contributed by atoms with Gasteiger partial charge in [-0.3, -0.25) is 9.59 Å². The number of nitrogens with one attached hydrogen (secondary N) is 2. The van der Waals surface area contributed by atoms with Gasteiger partial charge in [0.2, 0.25) is 5.91 Å². The highest BCUT2D eigenvalue weighted by Gasteiger charge is 2.30. The summed E-state index contributed by atoms with van der Waals surface area (Å²) in [4.78, 5) is 41.6. The highest BCUT2D eigenvalue weighted by Crippen LogP contribution is 2.37. The molecule has 0 radical (unpaired) electrons. The number of benzene rings is 2. The maximum Gasteiger partial charge on any atom is 0.410 e. The van der Waals surface area contributed by atoms with E-state index >= 15 is 0 Å². The maximum absolute atomic E-state index is 13.1. The number of thiophene rings is 1. The first-order valence-electron chi connectivity index (χ1n) is 12.9. The number of amides is 3. The summed E-state index contributed by atoms with van der Waals surface area (Å²) >= 11 is 2.68. The molecule has 0 fully saturated rings. The Morgan fingerprint density at radius 3 is 2.58 bits per heavy atom. The minimum Gasteiger partial charge on any atom is -0.444 e. The van der Waals surface area contributed by atoms with Gasteiger partial charge >= 0.3 is 6.09 Å². The Labute approximate surface area is 242 Å². The molecule has 0 saturated heterocycles. The van der Waals surface area contributed by atoms with Crippen molar-refractivity contribution in [2.24, 2.45) is 0 Å². The summed E-state index contributed by atoms with van der Waals surface area (Å²) in [5.74, 6) is -0.439. The van der Waals surface area contributed by atoms with Crippen LogP contribution in [-0.2, 0) is 22.5 Å². The number of aryl methyl sites for hydroxylation is 1. The fourth-order valence-electron chi connectivity index (χ4n) is 4.20. The fourth-order valence-corrected chi connectivity index (χ4v) is 6.34. The summed E-state index contributed by atoms with van der Waals surface area (Å²) in [5.41, 5.74) is 2.95. The number of carbonyl (C=O) groups excluding carboxylic acids is 3. The summed E-state index contributed by atoms with van der Waals surface area (Å²) in [6.07, 6.45) is 0.132. The first-order chi connectivity index (χ1) is 18.9. The molecule has 3 amide bonds. The van der Waals surface area contributed by atoms with Gasteiger partial charge in [-0.05, 0) is 76.9 Å². The summed E-state index contributed by atoms with van der Waals surface area (Å²) in [7, 11) is 0. The van der Waals surface area contributed by atoms with Crippen molar-refractivity contribution in [1.29, 1.82) is 5.26 Å². The van der Waals surface area contributed by atoms with E-state index in [0.717, 1.165) is 20.9 Å². The smallest absolute Gasteiger partial charge is 0.410 e. The van der Waals surface area contributed by atoms with Crippen molar-refractivity contribution in [2.75, 3.05) is 17.2 Å². The molecule has 40 heavy (non-hydrogen) atoms. The molecule has 1 aliphatic heterocycles. The minimum absolute atomic E-state index is 0.201. The lowest BCUT2D eigenvalue weighted by atomic mass is 10.0. The average Bonchev–Trinajstić information content (AvgIpc) is 3.23. The molecule has 1 unspecified atom stereocenters. The van der Waals surface area contributed by atoms with E-state index < -0.39 is 16.9 Å². The Kier molecular flexibility index (Phi) is 8.86. The first-order valence-corrected chi connectivity index (χ1v) is 14.6. The van der Waals surface area contributed by atoms with Gasteiger partial charge in [0.25, 0.3) is 5.91 Å². The Morgan fingerprint density at radius 2 is 1.88 bits per heavy atom. The quantitative estimate of drug-likeness (QED) is 0.320. The van der Waals surface area contributed by atoms with Crippen LogP contribution >= 0.6 is 23.1 Å². The molecule has 0 aliphatic carbocycles. The number of carbonyl (C=O) groups is 3. The second kappa shape index (κ2) is 12.1. The van der Waals surface area contributed by atoms with Crippen LogP contribution in [0.25, 0.3) is 0 Å². The van der Waals surface area contributed by atoms with E-state index in [-0.39, 0.29) is 11.8 Å². The molecule has 1 aromatic heterocycles. The first kappa shape index (κ1) is 29.2. The lowest BCUT2D eigenvalue weighted by Gasteiger charge is -2.29. The Balaban J connectivity index is 1.40. The molecule has 8 nitrogen and oxygen atoms in total. The minimum atomic E-state index is -0.594. The summed E-state index contributed by atoms with van der Waals surface area (Å²) in [6, 6.07) is 17.0. The van der Waals surface area contributed by atoms with E-state index in [9.17, 15) is 19.6 Å². The van der Waals surface area contributed by atoms with Gasteiger partial charge in [-0.15, -0.1) is 23.1 Å². The van der Waals surface area contributed by atoms with Gasteiger partial charge in [0.15, 0.2) is 0 Å². The van der Waals surface area contributed by atoms with Crippen LogP contribution in [0.2, 0.25) is 0 Å². The third kappa shape index (κ3) is 7.23. The lowest BCUT2D eigenvalue weighted by molar-refractivity contribution is -0.115. The Hall–Kier alpha value is -3.81. The molecule has 1 atom stereocenters. The van der Waals surface area contributed by atoms with Crippen LogP contribution < -0.4 is 10.6 Å².